The van der Waals surface area contributed by atoms with Crippen molar-refractivity contribution < 1.29 is 9.13 Å². The van der Waals surface area contributed by atoms with Crippen LogP contribution in [0.25, 0.3) is 0 Å². The van der Waals surface area contributed by atoms with Crippen molar-refractivity contribution in [2.24, 2.45) is 4.99 Å². The van der Waals surface area contributed by atoms with E-state index in [1.165, 1.54) is 23.3 Å². The lowest BCUT2D eigenvalue weighted by molar-refractivity contribution is 0.184. The zero-order chi connectivity index (χ0) is 19.1. The minimum atomic E-state index is -0.198. The number of guanidine groups is 1. The number of ether oxygens (including phenoxy) is 1. The molecule has 2 aromatic carbocycles. The average Bonchev–Trinajstić information content (AvgIpc) is 2.71. The molecule has 0 aromatic heterocycles. The van der Waals surface area contributed by atoms with Crippen molar-refractivity contribution in [3.05, 3.63) is 65.5 Å². The van der Waals surface area contributed by atoms with Crippen LogP contribution >= 0.6 is 24.0 Å². The summed E-state index contributed by atoms with van der Waals surface area (Å²) < 4.78 is 18.4. The summed E-state index contributed by atoms with van der Waals surface area (Å²) in [7, 11) is 3.53. The quantitative estimate of drug-likeness (QED) is 0.390. The highest BCUT2D eigenvalue weighted by molar-refractivity contribution is 14.0. The van der Waals surface area contributed by atoms with E-state index in [0.717, 1.165) is 37.8 Å². The Hall–Kier alpha value is -1.87. The van der Waals surface area contributed by atoms with Gasteiger partial charge in [0.1, 0.15) is 5.82 Å². The lowest BCUT2D eigenvalue weighted by atomic mass is 10.1. The third-order valence-corrected chi connectivity index (χ3v) is 4.84. The molecule has 152 valence electrons. The van der Waals surface area contributed by atoms with Crippen LogP contribution in [0.4, 0.5) is 10.1 Å². The van der Waals surface area contributed by atoms with Gasteiger partial charge < -0.3 is 19.9 Å². The summed E-state index contributed by atoms with van der Waals surface area (Å²) in [6.45, 7) is 4.82. The van der Waals surface area contributed by atoms with Gasteiger partial charge in [-0.25, -0.2) is 4.39 Å². The number of hydrogen-bond donors (Lipinski definition) is 1. The summed E-state index contributed by atoms with van der Waals surface area (Å²) in [5.41, 5.74) is 3.46. The summed E-state index contributed by atoms with van der Waals surface area (Å²) in [4.78, 5) is 8.98. The van der Waals surface area contributed by atoms with Crippen molar-refractivity contribution in [3.63, 3.8) is 0 Å². The monoisotopic (exact) mass is 498 g/mol. The van der Waals surface area contributed by atoms with Gasteiger partial charge in [-0.05, 0) is 35.4 Å². The first-order chi connectivity index (χ1) is 13.2. The fourth-order valence-corrected chi connectivity index (χ4v) is 3.36. The van der Waals surface area contributed by atoms with Gasteiger partial charge in [0.2, 0.25) is 0 Å². The van der Waals surface area contributed by atoms with Crippen molar-refractivity contribution in [2.45, 2.75) is 13.2 Å². The third-order valence-electron chi connectivity index (χ3n) is 4.84. The van der Waals surface area contributed by atoms with E-state index in [-0.39, 0.29) is 29.8 Å². The summed E-state index contributed by atoms with van der Waals surface area (Å²) in [6.07, 6.45) is 0. The highest BCUT2D eigenvalue weighted by Crippen LogP contribution is 2.17. The normalized spacial score (nSPS) is 14.6. The van der Waals surface area contributed by atoms with Crippen LogP contribution < -0.4 is 10.2 Å². The molecule has 1 heterocycles. The number of aliphatic imine (C=N–C) groups is 1. The van der Waals surface area contributed by atoms with E-state index in [9.17, 15) is 4.39 Å². The summed E-state index contributed by atoms with van der Waals surface area (Å²) >= 11 is 0. The molecule has 0 unspecified atom stereocenters. The third kappa shape index (κ3) is 5.81. The van der Waals surface area contributed by atoms with E-state index in [0.29, 0.717) is 13.2 Å². The number of benzene rings is 2. The summed E-state index contributed by atoms with van der Waals surface area (Å²) in [5.74, 6) is 0.705. The molecule has 0 spiro atoms. The molecule has 0 aliphatic carbocycles. The average molecular weight is 498 g/mol. The SMILES string of the molecule is CN=C(NCc1ccccc1COC)N1CCN(c2ccc(F)cc2)CC1.I. The van der Waals surface area contributed by atoms with Crippen molar-refractivity contribution in [1.82, 2.24) is 10.2 Å². The van der Waals surface area contributed by atoms with Crippen LogP contribution in [-0.2, 0) is 17.9 Å². The number of halogens is 2. The van der Waals surface area contributed by atoms with Crippen LogP contribution in [0.2, 0.25) is 0 Å². The second-order valence-corrected chi connectivity index (χ2v) is 6.55. The predicted octanol–water partition coefficient (Wildman–Crippen LogP) is 3.49. The fourth-order valence-electron chi connectivity index (χ4n) is 3.36. The molecule has 5 nitrogen and oxygen atoms in total. The minimum absolute atomic E-state index is 0. The summed E-state index contributed by atoms with van der Waals surface area (Å²) in [5, 5.41) is 3.47. The van der Waals surface area contributed by atoms with E-state index in [2.05, 4.69) is 32.2 Å². The van der Waals surface area contributed by atoms with E-state index in [1.807, 2.05) is 31.3 Å². The molecule has 0 radical (unpaired) electrons. The Balaban J connectivity index is 0.00000280. The largest absolute Gasteiger partial charge is 0.380 e. The Labute approximate surface area is 183 Å². The first-order valence-corrected chi connectivity index (χ1v) is 9.23. The predicted molar refractivity (Wildman–Crippen MR) is 123 cm³/mol. The first-order valence-electron chi connectivity index (χ1n) is 9.23. The zero-order valence-electron chi connectivity index (χ0n) is 16.4. The topological polar surface area (TPSA) is 40.1 Å². The van der Waals surface area contributed by atoms with Crippen LogP contribution in [0, 0.1) is 5.82 Å². The Bertz CT molecular complexity index is 761. The number of nitrogens with one attached hydrogen (secondary N) is 1. The van der Waals surface area contributed by atoms with Crippen molar-refractivity contribution >= 4 is 35.6 Å². The molecule has 0 amide bonds. The number of nitrogens with zero attached hydrogens (tertiary/aromatic N) is 3. The van der Waals surface area contributed by atoms with E-state index < -0.39 is 0 Å². The number of anilines is 1. The molecular formula is C21H28FIN4O. The van der Waals surface area contributed by atoms with Crippen molar-refractivity contribution in [2.75, 3.05) is 45.2 Å². The maximum absolute atomic E-state index is 13.1. The molecule has 28 heavy (non-hydrogen) atoms. The van der Waals surface area contributed by atoms with E-state index in [1.54, 1.807) is 7.11 Å². The van der Waals surface area contributed by atoms with Gasteiger partial charge in [-0.2, -0.15) is 0 Å². The Kier molecular flexibility index (Phi) is 8.98. The number of rotatable bonds is 5. The molecule has 1 aliphatic heterocycles. The van der Waals surface area contributed by atoms with Crippen LogP contribution in [-0.4, -0.2) is 51.2 Å². The van der Waals surface area contributed by atoms with Gasteiger partial charge in [-0.3, -0.25) is 4.99 Å². The van der Waals surface area contributed by atoms with Crippen LogP contribution in [0.3, 0.4) is 0 Å². The van der Waals surface area contributed by atoms with Gasteiger partial charge in [0.05, 0.1) is 6.61 Å². The molecule has 0 atom stereocenters. The molecule has 3 rings (SSSR count). The fraction of sp³-hybridized carbons (Fsp3) is 0.381. The highest BCUT2D eigenvalue weighted by Gasteiger charge is 2.20. The molecule has 1 fully saturated rings. The smallest absolute Gasteiger partial charge is 0.194 e. The second kappa shape index (κ2) is 11.2. The van der Waals surface area contributed by atoms with Gasteiger partial charge in [0, 0.05) is 52.6 Å². The molecule has 1 saturated heterocycles. The maximum Gasteiger partial charge on any atom is 0.194 e. The van der Waals surface area contributed by atoms with Gasteiger partial charge in [0.25, 0.3) is 0 Å². The van der Waals surface area contributed by atoms with Crippen LogP contribution in [0.15, 0.2) is 53.5 Å². The molecule has 1 aliphatic rings. The van der Waals surface area contributed by atoms with Gasteiger partial charge in [-0.15, -0.1) is 24.0 Å². The van der Waals surface area contributed by atoms with E-state index >= 15 is 0 Å². The minimum Gasteiger partial charge on any atom is -0.380 e. The summed E-state index contributed by atoms with van der Waals surface area (Å²) in [6, 6.07) is 15.0. The number of hydrogen-bond acceptors (Lipinski definition) is 3. The Morgan fingerprint density at radius 2 is 1.68 bits per heavy atom. The van der Waals surface area contributed by atoms with E-state index in [4.69, 9.17) is 4.74 Å². The molecule has 7 heteroatoms. The molecule has 1 N–H and O–H groups in total. The van der Waals surface area contributed by atoms with Crippen LogP contribution in [0.1, 0.15) is 11.1 Å². The van der Waals surface area contributed by atoms with Gasteiger partial charge in [0.15, 0.2) is 5.96 Å². The Morgan fingerprint density at radius 3 is 2.29 bits per heavy atom. The molecule has 0 saturated carbocycles. The van der Waals surface area contributed by atoms with Gasteiger partial charge in [-0.1, -0.05) is 24.3 Å². The molecular weight excluding hydrogens is 470 g/mol. The second-order valence-electron chi connectivity index (χ2n) is 6.55. The lowest BCUT2D eigenvalue weighted by Gasteiger charge is -2.37. The van der Waals surface area contributed by atoms with Gasteiger partial charge >= 0.3 is 0 Å². The lowest BCUT2D eigenvalue weighted by Crippen LogP contribution is -2.52. The molecule has 2 aromatic rings. The Morgan fingerprint density at radius 1 is 1.04 bits per heavy atom. The zero-order valence-corrected chi connectivity index (χ0v) is 18.7. The highest BCUT2D eigenvalue weighted by atomic mass is 127. The molecule has 0 bridgehead atoms. The first kappa shape index (κ1) is 22.4. The standard InChI is InChI=1S/C21H27FN4O.HI/c1-23-21(24-15-17-5-3-4-6-18(17)16-27-2)26-13-11-25(12-14-26)20-9-7-19(22)8-10-20;/h3-10H,11-16H2,1-2H3,(H,23,24);1H. The number of piperazine rings is 1. The van der Waals surface area contributed by atoms with Crippen molar-refractivity contribution in [1.29, 1.82) is 0 Å². The number of methoxy groups -OCH3 is 1. The van der Waals surface area contributed by atoms with Crippen LogP contribution in [0.5, 0.6) is 0 Å². The maximum atomic E-state index is 13.1. The van der Waals surface area contributed by atoms with Crippen molar-refractivity contribution in [3.8, 4) is 0 Å².